The second-order valence-electron chi connectivity index (χ2n) is 3.27. The first-order chi connectivity index (χ1) is 6.75. The zero-order valence-electron chi connectivity index (χ0n) is 7.69. The zero-order chi connectivity index (χ0) is 9.97. The molecule has 2 rings (SSSR count). The van der Waals surface area contributed by atoms with Gasteiger partial charge in [0, 0.05) is 17.1 Å². The van der Waals surface area contributed by atoms with Crippen molar-refractivity contribution >= 4 is 23.7 Å². The van der Waals surface area contributed by atoms with E-state index in [0.717, 1.165) is 11.3 Å². The normalized spacial score (nSPS) is 14.4. The van der Waals surface area contributed by atoms with E-state index in [4.69, 9.17) is 5.73 Å². The predicted molar refractivity (Wildman–Crippen MR) is 59.0 cm³/mol. The summed E-state index contributed by atoms with van der Waals surface area (Å²) >= 11 is 1.76. The van der Waals surface area contributed by atoms with E-state index in [1.807, 2.05) is 12.1 Å². The summed E-state index contributed by atoms with van der Waals surface area (Å²) in [6.45, 7) is 0. The van der Waals surface area contributed by atoms with E-state index >= 15 is 0 Å². The quantitative estimate of drug-likeness (QED) is 0.803. The van der Waals surface area contributed by atoms with Crippen LogP contribution in [0.1, 0.15) is 12.0 Å². The van der Waals surface area contributed by atoms with Crippen LogP contribution in [-0.4, -0.2) is 11.7 Å². The van der Waals surface area contributed by atoms with Gasteiger partial charge >= 0.3 is 0 Å². The highest BCUT2D eigenvalue weighted by Gasteiger charge is 2.11. The largest absolute Gasteiger partial charge is 0.369 e. The molecule has 1 amide bonds. The number of hydrogen-bond donors (Lipinski definition) is 1. The lowest BCUT2D eigenvalue weighted by Crippen LogP contribution is -2.12. The van der Waals surface area contributed by atoms with Crippen molar-refractivity contribution in [3.05, 3.63) is 35.4 Å². The van der Waals surface area contributed by atoms with Crippen LogP contribution in [-0.2, 0) is 4.79 Å². The highest BCUT2D eigenvalue weighted by Crippen LogP contribution is 2.32. The van der Waals surface area contributed by atoms with E-state index in [2.05, 4.69) is 18.2 Å². The number of carbonyl (C=O) groups excluding carboxylic acids is 1. The van der Waals surface area contributed by atoms with Crippen molar-refractivity contribution in [2.75, 3.05) is 5.75 Å². The predicted octanol–water partition coefficient (Wildman–Crippen LogP) is 2.05. The SMILES string of the molecule is NC(=O)CC1=Cc2ccccc2SC1. The minimum atomic E-state index is -0.253. The molecule has 0 atom stereocenters. The van der Waals surface area contributed by atoms with Crippen LogP contribution >= 0.6 is 11.8 Å². The van der Waals surface area contributed by atoms with E-state index in [1.165, 1.54) is 10.5 Å². The number of nitrogens with two attached hydrogens (primary N) is 1. The van der Waals surface area contributed by atoms with Gasteiger partial charge in [-0.1, -0.05) is 24.3 Å². The summed E-state index contributed by atoms with van der Waals surface area (Å²) in [5, 5.41) is 0. The van der Waals surface area contributed by atoms with Gasteiger partial charge in [-0.25, -0.2) is 0 Å². The highest BCUT2D eigenvalue weighted by molar-refractivity contribution is 7.99. The van der Waals surface area contributed by atoms with Crippen molar-refractivity contribution in [3.63, 3.8) is 0 Å². The van der Waals surface area contributed by atoms with Gasteiger partial charge in [0.25, 0.3) is 0 Å². The first-order valence-corrected chi connectivity index (χ1v) is 5.44. The Morgan fingerprint density at radius 3 is 3.00 bits per heavy atom. The molecule has 14 heavy (non-hydrogen) atoms. The Bertz CT molecular complexity index is 398. The minimum absolute atomic E-state index is 0.253. The maximum atomic E-state index is 10.8. The van der Waals surface area contributed by atoms with Crippen LogP contribution in [0.5, 0.6) is 0 Å². The van der Waals surface area contributed by atoms with Gasteiger partial charge in [0.05, 0.1) is 0 Å². The Morgan fingerprint density at radius 1 is 1.43 bits per heavy atom. The van der Waals surface area contributed by atoms with Crippen LogP contribution in [0, 0.1) is 0 Å². The Kier molecular flexibility index (Phi) is 2.59. The van der Waals surface area contributed by atoms with Crippen LogP contribution in [0.25, 0.3) is 6.08 Å². The second-order valence-corrected chi connectivity index (χ2v) is 4.29. The molecule has 3 heteroatoms. The molecule has 0 spiro atoms. The van der Waals surface area contributed by atoms with E-state index in [0.29, 0.717) is 6.42 Å². The number of amides is 1. The van der Waals surface area contributed by atoms with Gasteiger partial charge in [-0.2, -0.15) is 0 Å². The Labute approximate surface area is 87.2 Å². The fourth-order valence-corrected chi connectivity index (χ4v) is 2.48. The zero-order valence-corrected chi connectivity index (χ0v) is 8.51. The summed E-state index contributed by atoms with van der Waals surface area (Å²) in [6.07, 6.45) is 2.44. The summed E-state index contributed by atoms with van der Waals surface area (Å²) in [4.78, 5) is 12.0. The van der Waals surface area contributed by atoms with Crippen molar-refractivity contribution in [2.24, 2.45) is 5.73 Å². The average Bonchev–Trinajstić information content (AvgIpc) is 2.17. The molecule has 0 saturated carbocycles. The summed E-state index contributed by atoms with van der Waals surface area (Å²) in [5.41, 5.74) is 7.46. The third-order valence-electron chi connectivity index (χ3n) is 2.09. The van der Waals surface area contributed by atoms with Crippen LogP contribution < -0.4 is 5.73 Å². The molecule has 0 bridgehead atoms. The second kappa shape index (κ2) is 3.88. The van der Waals surface area contributed by atoms with Gasteiger partial charge in [-0.3, -0.25) is 4.79 Å². The molecular weight excluding hydrogens is 194 g/mol. The topological polar surface area (TPSA) is 43.1 Å². The van der Waals surface area contributed by atoms with Crippen LogP contribution in [0.3, 0.4) is 0 Å². The van der Waals surface area contributed by atoms with Crippen molar-refractivity contribution in [3.8, 4) is 0 Å². The summed E-state index contributed by atoms with van der Waals surface area (Å²) in [6, 6.07) is 8.18. The molecule has 0 radical (unpaired) electrons. The number of fused-ring (bicyclic) bond motifs is 1. The van der Waals surface area contributed by atoms with Gasteiger partial charge < -0.3 is 5.73 Å². The number of thioether (sulfide) groups is 1. The molecule has 0 aromatic heterocycles. The maximum Gasteiger partial charge on any atom is 0.221 e. The smallest absolute Gasteiger partial charge is 0.221 e. The molecule has 0 saturated heterocycles. The Balaban J connectivity index is 2.26. The molecular formula is C11H11NOS. The molecule has 1 aromatic carbocycles. The molecule has 0 unspecified atom stereocenters. The molecule has 72 valence electrons. The lowest BCUT2D eigenvalue weighted by molar-refractivity contribution is -0.117. The first kappa shape index (κ1) is 9.34. The van der Waals surface area contributed by atoms with E-state index in [-0.39, 0.29) is 5.91 Å². The number of hydrogen-bond acceptors (Lipinski definition) is 2. The molecule has 0 fully saturated rings. The number of primary amides is 1. The Hall–Kier alpha value is -1.22. The average molecular weight is 205 g/mol. The maximum absolute atomic E-state index is 10.8. The third-order valence-corrected chi connectivity index (χ3v) is 3.29. The van der Waals surface area contributed by atoms with Crippen molar-refractivity contribution < 1.29 is 4.79 Å². The lowest BCUT2D eigenvalue weighted by atomic mass is 10.1. The molecule has 2 nitrogen and oxygen atoms in total. The number of rotatable bonds is 2. The third kappa shape index (κ3) is 1.99. The molecule has 1 aliphatic heterocycles. The summed E-state index contributed by atoms with van der Waals surface area (Å²) in [5.74, 6) is 0.621. The van der Waals surface area contributed by atoms with Crippen molar-refractivity contribution in [2.45, 2.75) is 11.3 Å². The fourth-order valence-electron chi connectivity index (χ4n) is 1.49. The van der Waals surface area contributed by atoms with Crippen LogP contribution in [0.4, 0.5) is 0 Å². The van der Waals surface area contributed by atoms with Crippen molar-refractivity contribution in [1.29, 1.82) is 0 Å². The molecule has 2 N–H and O–H groups in total. The number of carbonyl (C=O) groups is 1. The highest BCUT2D eigenvalue weighted by atomic mass is 32.2. The van der Waals surface area contributed by atoms with E-state index in [1.54, 1.807) is 11.8 Å². The number of benzene rings is 1. The Morgan fingerprint density at radius 2 is 2.21 bits per heavy atom. The minimum Gasteiger partial charge on any atom is -0.369 e. The van der Waals surface area contributed by atoms with Crippen LogP contribution in [0.2, 0.25) is 0 Å². The monoisotopic (exact) mass is 205 g/mol. The molecule has 1 aromatic rings. The van der Waals surface area contributed by atoms with Gasteiger partial charge in [0.15, 0.2) is 0 Å². The molecule has 0 aliphatic carbocycles. The summed E-state index contributed by atoms with van der Waals surface area (Å²) < 4.78 is 0. The standard InChI is InChI=1S/C11H11NOS/c12-11(13)6-8-5-9-3-1-2-4-10(9)14-7-8/h1-5H,6-7H2,(H2,12,13). The van der Waals surface area contributed by atoms with Gasteiger partial charge in [-0.05, 0) is 17.2 Å². The van der Waals surface area contributed by atoms with E-state index < -0.39 is 0 Å². The van der Waals surface area contributed by atoms with Gasteiger partial charge in [0.2, 0.25) is 5.91 Å². The molecule has 1 heterocycles. The lowest BCUT2D eigenvalue weighted by Gasteiger charge is -2.14. The van der Waals surface area contributed by atoms with Crippen LogP contribution in [0.15, 0.2) is 34.7 Å². The van der Waals surface area contributed by atoms with Gasteiger partial charge in [0.1, 0.15) is 0 Å². The van der Waals surface area contributed by atoms with E-state index in [9.17, 15) is 4.79 Å². The molecule has 1 aliphatic rings. The van der Waals surface area contributed by atoms with Crippen molar-refractivity contribution in [1.82, 2.24) is 0 Å². The van der Waals surface area contributed by atoms with Gasteiger partial charge in [-0.15, -0.1) is 11.8 Å². The summed E-state index contributed by atoms with van der Waals surface area (Å²) in [7, 11) is 0. The fraction of sp³-hybridized carbons (Fsp3) is 0.182. The first-order valence-electron chi connectivity index (χ1n) is 4.45.